The van der Waals surface area contributed by atoms with Crippen molar-refractivity contribution in [3.8, 4) is 0 Å². The van der Waals surface area contributed by atoms with Gasteiger partial charge in [-0.15, -0.1) is 0 Å². The summed E-state index contributed by atoms with van der Waals surface area (Å²) in [6.45, 7) is 3.90. The van der Waals surface area contributed by atoms with E-state index in [2.05, 4.69) is 37.0 Å². The number of Topliss-reactive ketones (excluding diaryl/α,β-unsaturated/α-hetero) is 1. The first-order valence-corrected chi connectivity index (χ1v) is 10.1. The summed E-state index contributed by atoms with van der Waals surface area (Å²) in [5.41, 5.74) is 1.26. The van der Waals surface area contributed by atoms with Gasteiger partial charge in [-0.05, 0) is 49.2 Å². The fraction of sp³-hybridized carbons (Fsp3) is 0.300. The van der Waals surface area contributed by atoms with E-state index >= 15 is 0 Å². The molecule has 0 radical (unpaired) electrons. The smallest absolute Gasteiger partial charge is 0.165 e. The molecule has 2 N–H and O–H groups in total. The Morgan fingerprint density at radius 1 is 0.926 bits per heavy atom. The molecule has 0 spiro atoms. The Morgan fingerprint density at radius 3 is 1.89 bits per heavy atom. The van der Waals surface area contributed by atoms with E-state index in [4.69, 9.17) is 5.84 Å². The molecule has 0 amide bonds. The lowest BCUT2D eigenvalue weighted by Gasteiger charge is -2.05. The van der Waals surface area contributed by atoms with Crippen molar-refractivity contribution in [1.82, 2.24) is 0 Å². The minimum Gasteiger partial charge on any atom is -0.323 e. The predicted octanol–water partition coefficient (Wildman–Crippen LogP) is 6.62. The average Bonchev–Trinajstić information content (AvgIpc) is 2.64. The zero-order valence-electron chi connectivity index (χ0n) is 15.2. The van der Waals surface area contributed by atoms with E-state index in [-0.39, 0.29) is 17.2 Å². The third kappa shape index (κ3) is 7.50. The van der Waals surface area contributed by atoms with Crippen LogP contribution in [0, 0.1) is 11.6 Å². The normalized spacial score (nSPS) is 11.0. The molecule has 0 heterocycles. The Morgan fingerprint density at radius 2 is 1.41 bits per heavy atom. The molecule has 27 heavy (non-hydrogen) atoms. The molecule has 2 aromatic rings. The van der Waals surface area contributed by atoms with Gasteiger partial charge in [0.25, 0.3) is 0 Å². The molecule has 0 aliphatic rings. The first-order valence-electron chi connectivity index (χ1n) is 8.54. The monoisotopic (exact) mass is 502 g/mol. The molecular weight excluding hydrogens is 482 g/mol. The lowest BCUT2D eigenvalue weighted by Crippen LogP contribution is -2.06. The molecule has 7 heteroatoms. The first-order chi connectivity index (χ1) is 12.8. The van der Waals surface area contributed by atoms with Crippen LogP contribution in [0.2, 0.25) is 0 Å². The van der Waals surface area contributed by atoms with Crippen LogP contribution in [0.1, 0.15) is 55.5 Å². The van der Waals surface area contributed by atoms with Crippen molar-refractivity contribution in [2.24, 2.45) is 10.9 Å². The van der Waals surface area contributed by atoms with Crippen LogP contribution in [0.3, 0.4) is 0 Å². The molecule has 2 aromatic carbocycles. The molecule has 0 fully saturated rings. The number of halogens is 4. The quantitative estimate of drug-likeness (QED) is 0.208. The zero-order chi connectivity index (χ0) is 20.4. The highest BCUT2D eigenvalue weighted by molar-refractivity contribution is 9.10. The molecule has 3 nitrogen and oxygen atoms in total. The van der Waals surface area contributed by atoms with Gasteiger partial charge in [0.15, 0.2) is 5.78 Å². The number of hydrogen-bond acceptors (Lipinski definition) is 3. The minimum atomic E-state index is -0.443. The summed E-state index contributed by atoms with van der Waals surface area (Å²) >= 11 is 6.48. The molecule has 0 bridgehead atoms. The summed E-state index contributed by atoms with van der Waals surface area (Å²) in [5, 5.41) is 3.61. The number of ketones is 1. The third-order valence-electron chi connectivity index (χ3n) is 3.59. The van der Waals surface area contributed by atoms with E-state index in [1.807, 2.05) is 13.8 Å². The van der Waals surface area contributed by atoms with Crippen LogP contribution in [0.4, 0.5) is 8.78 Å². The van der Waals surface area contributed by atoms with Gasteiger partial charge in [-0.2, -0.15) is 5.10 Å². The van der Waals surface area contributed by atoms with Crippen molar-refractivity contribution in [3.05, 3.63) is 68.1 Å². The minimum absolute atomic E-state index is 0.138. The second-order valence-corrected chi connectivity index (χ2v) is 7.58. The second kappa shape index (κ2) is 12.0. The largest absolute Gasteiger partial charge is 0.323 e. The number of carbonyl (C=O) groups excluding carboxylic acids is 1. The van der Waals surface area contributed by atoms with Gasteiger partial charge in [0.2, 0.25) is 0 Å². The summed E-state index contributed by atoms with van der Waals surface area (Å²) in [5.74, 6) is 4.35. The molecule has 0 aromatic heterocycles. The number of nitrogens with two attached hydrogens (primary N) is 1. The molecule has 0 atom stereocenters. The topological polar surface area (TPSA) is 55.4 Å². The number of benzene rings is 2. The highest BCUT2D eigenvalue weighted by Gasteiger charge is 2.10. The van der Waals surface area contributed by atoms with Gasteiger partial charge in [-0.25, -0.2) is 8.78 Å². The highest BCUT2D eigenvalue weighted by Crippen LogP contribution is 2.18. The summed E-state index contributed by atoms with van der Waals surface area (Å²) in [7, 11) is 0. The Balaban J connectivity index is 0.000000271. The summed E-state index contributed by atoms with van der Waals surface area (Å²) in [4.78, 5) is 11.4. The number of nitrogens with zero attached hydrogens (tertiary/aromatic N) is 1. The SMILES string of the molecule is CCC/C(=N/N)c1cc(Br)ccc1F.CCCC(=O)c1cc(Br)ccc1F. The molecule has 0 aliphatic carbocycles. The standard InChI is InChI=1S/C10H12BrFN2.C10H10BrFO/c1-2-3-10(14-13)8-6-7(11)4-5-9(8)12;1-2-3-10(13)8-6-7(11)4-5-9(8)12/h4-6H,2-3,13H2,1H3;4-6H,2-3H2,1H3/b14-10-;. The van der Waals surface area contributed by atoms with Crippen LogP contribution in [-0.2, 0) is 0 Å². The molecule has 0 saturated heterocycles. The van der Waals surface area contributed by atoms with Crippen molar-refractivity contribution in [2.75, 3.05) is 0 Å². The Kier molecular flexibility index (Phi) is 10.4. The van der Waals surface area contributed by atoms with Crippen LogP contribution < -0.4 is 5.84 Å². The van der Waals surface area contributed by atoms with E-state index in [1.165, 1.54) is 18.2 Å². The lowest BCUT2D eigenvalue weighted by molar-refractivity contribution is 0.0978. The maximum absolute atomic E-state index is 13.4. The lowest BCUT2D eigenvalue weighted by atomic mass is 10.1. The fourth-order valence-electron chi connectivity index (χ4n) is 2.30. The van der Waals surface area contributed by atoms with Crippen LogP contribution in [-0.4, -0.2) is 11.5 Å². The first kappa shape index (κ1) is 23.4. The van der Waals surface area contributed by atoms with Crippen molar-refractivity contribution in [3.63, 3.8) is 0 Å². The number of hydrogen-bond donors (Lipinski definition) is 1. The molecule has 0 saturated carbocycles. The summed E-state index contributed by atoms with van der Waals surface area (Å²) < 4.78 is 28.0. The zero-order valence-corrected chi connectivity index (χ0v) is 18.4. The van der Waals surface area contributed by atoms with E-state index in [1.54, 1.807) is 18.2 Å². The van der Waals surface area contributed by atoms with E-state index in [0.717, 1.165) is 21.8 Å². The summed E-state index contributed by atoms with van der Waals surface area (Å²) in [6, 6.07) is 9.15. The number of hydrazone groups is 1. The third-order valence-corrected chi connectivity index (χ3v) is 4.57. The van der Waals surface area contributed by atoms with Crippen molar-refractivity contribution < 1.29 is 13.6 Å². The van der Waals surface area contributed by atoms with E-state index in [0.29, 0.717) is 24.1 Å². The predicted molar refractivity (Wildman–Crippen MR) is 113 cm³/mol. The maximum atomic E-state index is 13.4. The van der Waals surface area contributed by atoms with Crippen molar-refractivity contribution >= 4 is 43.4 Å². The Labute approximate surface area is 175 Å². The number of rotatable bonds is 6. The van der Waals surface area contributed by atoms with Gasteiger partial charge in [0.1, 0.15) is 11.6 Å². The summed E-state index contributed by atoms with van der Waals surface area (Å²) in [6.07, 6.45) is 2.71. The van der Waals surface area contributed by atoms with Crippen LogP contribution >= 0.6 is 31.9 Å². The molecule has 0 aliphatic heterocycles. The van der Waals surface area contributed by atoms with Gasteiger partial charge in [0, 0.05) is 20.9 Å². The molecule has 0 unspecified atom stereocenters. The molecular formula is C20H22Br2F2N2O. The van der Waals surface area contributed by atoms with Gasteiger partial charge in [-0.3, -0.25) is 4.79 Å². The Hall–Kier alpha value is -1.60. The second-order valence-electron chi connectivity index (χ2n) is 5.75. The van der Waals surface area contributed by atoms with Crippen molar-refractivity contribution in [2.45, 2.75) is 39.5 Å². The maximum Gasteiger partial charge on any atom is 0.165 e. The fourth-order valence-corrected chi connectivity index (χ4v) is 3.02. The average molecular weight is 504 g/mol. The Bertz CT molecular complexity index is 811. The van der Waals surface area contributed by atoms with Crippen LogP contribution in [0.15, 0.2) is 50.4 Å². The van der Waals surface area contributed by atoms with Gasteiger partial charge in [0.05, 0.1) is 11.3 Å². The molecule has 146 valence electrons. The molecule has 2 rings (SSSR count). The van der Waals surface area contributed by atoms with Gasteiger partial charge < -0.3 is 5.84 Å². The van der Waals surface area contributed by atoms with Crippen LogP contribution in [0.5, 0.6) is 0 Å². The van der Waals surface area contributed by atoms with Crippen LogP contribution in [0.25, 0.3) is 0 Å². The van der Waals surface area contributed by atoms with Crippen molar-refractivity contribution in [1.29, 1.82) is 0 Å². The number of carbonyl (C=O) groups is 1. The van der Waals surface area contributed by atoms with E-state index in [9.17, 15) is 13.6 Å². The van der Waals surface area contributed by atoms with Gasteiger partial charge in [-0.1, -0.05) is 52.1 Å². The van der Waals surface area contributed by atoms with E-state index < -0.39 is 5.82 Å². The highest BCUT2D eigenvalue weighted by atomic mass is 79.9. The van der Waals surface area contributed by atoms with Gasteiger partial charge >= 0.3 is 0 Å².